The van der Waals surface area contributed by atoms with Gasteiger partial charge in [0.1, 0.15) is 0 Å². The lowest BCUT2D eigenvalue weighted by atomic mass is 9.90. The molecule has 0 spiro atoms. The topological polar surface area (TPSA) is 20.3 Å². The maximum Gasteiger partial charge on any atom is 0.173 e. The Morgan fingerprint density at radius 2 is 1.57 bits per heavy atom. The molecule has 1 heterocycles. The molecule has 4 heteroatoms. The lowest BCUT2D eigenvalue weighted by molar-refractivity contribution is 0.0940. The Morgan fingerprint density at radius 3 is 2.22 bits per heavy atom. The van der Waals surface area contributed by atoms with Gasteiger partial charge in [0, 0.05) is 17.1 Å². The van der Waals surface area contributed by atoms with E-state index < -0.39 is 0 Å². The first kappa shape index (κ1) is 16.5. The zero-order chi connectivity index (χ0) is 16.2. The second-order valence-corrected chi connectivity index (χ2v) is 6.74. The summed E-state index contributed by atoms with van der Waals surface area (Å²) in [6.07, 6.45) is 2.38. The second kappa shape index (κ2) is 7.48. The van der Waals surface area contributed by atoms with E-state index in [9.17, 15) is 4.79 Å². The number of carbonyl (C=O) groups excluding carboxylic acids is 1. The van der Waals surface area contributed by atoms with Crippen molar-refractivity contribution < 1.29 is 4.79 Å². The Balaban J connectivity index is 1.96. The largest absolute Gasteiger partial charge is 0.302 e. The molecule has 2 nitrogen and oxygen atoms in total. The zero-order valence-electron chi connectivity index (χ0n) is 12.8. The molecule has 1 fully saturated rings. The summed E-state index contributed by atoms with van der Waals surface area (Å²) in [6, 6.07) is 14.8. The van der Waals surface area contributed by atoms with Gasteiger partial charge in [0.15, 0.2) is 5.78 Å². The normalized spacial score (nSPS) is 16.4. The van der Waals surface area contributed by atoms with Gasteiger partial charge in [0.25, 0.3) is 0 Å². The molecule has 1 atom stereocenters. The Labute approximate surface area is 147 Å². The molecule has 0 radical (unpaired) electrons. The molecule has 3 rings (SSSR count). The molecule has 0 bridgehead atoms. The summed E-state index contributed by atoms with van der Waals surface area (Å²) < 4.78 is 0. The molecule has 0 aromatic heterocycles. The van der Waals surface area contributed by atoms with Gasteiger partial charge < -0.3 is 4.90 Å². The van der Waals surface area contributed by atoms with Crippen molar-refractivity contribution in [1.82, 2.24) is 4.90 Å². The van der Waals surface area contributed by atoms with E-state index in [1.807, 2.05) is 36.4 Å². The van der Waals surface area contributed by atoms with Crippen LogP contribution in [0, 0.1) is 0 Å². The fraction of sp³-hybridized carbons (Fsp3) is 0.316. The molecule has 0 N–H and O–H groups in total. The lowest BCUT2D eigenvalue weighted by Crippen LogP contribution is -2.30. The van der Waals surface area contributed by atoms with Crippen molar-refractivity contribution in [3.05, 3.63) is 69.7 Å². The van der Waals surface area contributed by atoms with Crippen LogP contribution in [0.3, 0.4) is 0 Å². The predicted molar refractivity (Wildman–Crippen MR) is 95.6 cm³/mol. The number of ketones is 1. The Kier molecular flexibility index (Phi) is 5.37. The zero-order valence-corrected chi connectivity index (χ0v) is 14.4. The van der Waals surface area contributed by atoms with Gasteiger partial charge in [-0.15, -0.1) is 0 Å². The smallest absolute Gasteiger partial charge is 0.173 e. The summed E-state index contributed by atoms with van der Waals surface area (Å²) in [5.41, 5.74) is 1.45. The third-order valence-corrected chi connectivity index (χ3v) is 5.05. The SMILES string of the molecule is O=C(c1ccccc1Cl)C(CN1CCCC1)c1ccccc1Cl. The summed E-state index contributed by atoms with van der Waals surface area (Å²) in [7, 11) is 0. The first-order valence-electron chi connectivity index (χ1n) is 7.92. The number of Topliss-reactive ketones (excluding diaryl/α,β-unsaturated/α-hetero) is 1. The van der Waals surface area contributed by atoms with Crippen LogP contribution in [0.25, 0.3) is 0 Å². The minimum atomic E-state index is -0.290. The van der Waals surface area contributed by atoms with Gasteiger partial charge in [-0.3, -0.25) is 4.79 Å². The lowest BCUT2D eigenvalue weighted by Gasteiger charge is -2.24. The molecular weight excluding hydrogens is 329 g/mol. The highest BCUT2D eigenvalue weighted by Crippen LogP contribution is 2.31. The van der Waals surface area contributed by atoms with E-state index in [1.165, 1.54) is 12.8 Å². The van der Waals surface area contributed by atoms with Gasteiger partial charge >= 0.3 is 0 Å². The van der Waals surface area contributed by atoms with Crippen LogP contribution in [0.15, 0.2) is 48.5 Å². The van der Waals surface area contributed by atoms with Gasteiger partial charge in [-0.05, 0) is 49.7 Å². The van der Waals surface area contributed by atoms with E-state index in [2.05, 4.69) is 4.90 Å². The van der Waals surface area contributed by atoms with Crippen molar-refractivity contribution >= 4 is 29.0 Å². The van der Waals surface area contributed by atoms with Gasteiger partial charge in [-0.2, -0.15) is 0 Å². The van der Waals surface area contributed by atoms with Crippen molar-refractivity contribution in [3.8, 4) is 0 Å². The average molecular weight is 348 g/mol. The highest BCUT2D eigenvalue weighted by Gasteiger charge is 2.28. The summed E-state index contributed by atoms with van der Waals surface area (Å²) in [5.74, 6) is -0.253. The monoisotopic (exact) mass is 347 g/mol. The highest BCUT2D eigenvalue weighted by molar-refractivity contribution is 6.34. The van der Waals surface area contributed by atoms with Gasteiger partial charge in [0.05, 0.1) is 10.9 Å². The Bertz CT molecular complexity index is 695. The van der Waals surface area contributed by atoms with Crippen LogP contribution in [-0.2, 0) is 0 Å². The van der Waals surface area contributed by atoms with Crippen molar-refractivity contribution in [3.63, 3.8) is 0 Å². The minimum Gasteiger partial charge on any atom is -0.302 e. The van der Waals surface area contributed by atoms with E-state index in [-0.39, 0.29) is 11.7 Å². The summed E-state index contributed by atoms with van der Waals surface area (Å²) >= 11 is 12.6. The number of benzene rings is 2. The first-order valence-corrected chi connectivity index (χ1v) is 8.68. The molecular formula is C19H19Cl2NO. The van der Waals surface area contributed by atoms with Crippen molar-refractivity contribution in [2.45, 2.75) is 18.8 Å². The molecule has 2 aromatic rings. The average Bonchev–Trinajstić information content (AvgIpc) is 3.06. The number of likely N-dealkylation sites (tertiary alicyclic amines) is 1. The number of halogens is 2. The van der Waals surface area contributed by atoms with Crippen molar-refractivity contribution in [1.29, 1.82) is 0 Å². The minimum absolute atomic E-state index is 0.0376. The maximum atomic E-state index is 13.1. The molecule has 0 amide bonds. The predicted octanol–water partition coefficient (Wildman–Crippen LogP) is 5.06. The van der Waals surface area contributed by atoms with Crippen LogP contribution < -0.4 is 0 Å². The third kappa shape index (κ3) is 3.77. The molecule has 1 aliphatic rings. The van der Waals surface area contributed by atoms with Crippen LogP contribution in [0.5, 0.6) is 0 Å². The van der Waals surface area contributed by atoms with Crippen LogP contribution in [0.4, 0.5) is 0 Å². The maximum absolute atomic E-state index is 13.1. The van der Waals surface area contributed by atoms with Crippen molar-refractivity contribution in [2.24, 2.45) is 0 Å². The number of nitrogens with zero attached hydrogens (tertiary/aromatic N) is 1. The first-order chi connectivity index (χ1) is 11.2. The Morgan fingerprint density at radius 1 is 0.957 bits per heavy atom. The number of hydrogen-bond donors (Lipinski definition) is 0. The van der Waals surface area contributed by atoms with E-state index in [1.54, 1.807) is 12.1 Å². The molecule has 1 aliphatic heterocycles. The van der Waals surface area contributed by atoms with Gasteiger partial charge in [-0.1, -0.05) is 53.5 Å². The van der Waals surface area contributed by atoms with E-state index in [4.69, 9.17) is 23.2 Å². The van der Waals surface area contributed by atoms with E-state index in [0.717, 1.165) is 18.7 Å². The summed E-state index contributed by atoms with van der Waals surface area (Å²) in [6.45, 7) is 2.77. The van der Waals surface area contributed by atoms with E-state index >= 15 is 0 Å². The highest BCUT2D eigenvalue weighted by atomic mass is 35.5. The summed E-state index contributed by atoms with van der Waals surface area (Å²) in [4.78, 5) is 15.5. The molecule has 1 saturated heterocycles. The fourth-order valence-electron chi connectivity index (χ4n) is 3.15. The van der Waals surface area contributed by atoms with Crippen LogP contribution in [0.1, 0.15) is 34.7 Å². The quantitative estimate of drug-likeness (QED) is 0.705. The number of hydrogen-bond acceptors (Lipinski definition) is 2. The number of carbonyl (C=O) groups is 1. The Hall–Kier alpha value is -1.35. The second-order valence-electron chi connectivity index (χ2n) is 5.93. The molecule has 0 saturated carbocycles. The van der Waals surface area contributed by atoms with Crippen molar-refractivity contribution in [2.75, 3.05) is 19.6 Å². The van der Waals surface area contributed by atoms with E-state index in [0.29, 0.717) is 22.2 Å². The van der Waals surface area contributed by atoms with Crippen LogP contribution >= 0.6 is 23.2 Å². The van der Waals surface area contributed by atoms with Crippen LogP contribution in [0.2, 0.25) is 10.0 Å². The standard InChI is InChI=1S/C19H19Cl2NO/c20-17-9-3-1-7-14(17)16(13-22-11-5-6-12-22)19(23)15-8-2-4-10-18(15)21/h1-4,7-10,16H,5-6,11-13H2. The molecule has 1 unspecified atom stereocenters. The summed E-state index contributed by atoms with van der Waals surface area (Å²) in [5, 5.41) is 1.13. The number of rotatable bonds is 5. The van der Waals surface area contributed by atoms with Crippen LogP contribution in [-0.4, -0.2) is 30.3 Å². The molecule has 0 aliphatic carbocycles. The van der Waals surface area contributed by atoms with Gasteiger partial charge in [0.2, 0.25) is 0 Å². The molecule has 120 valence electrons. The third-order valence-electron chi connectivity index (χ3n) is 4.38. The fourth-order valence-corrected chi connectivity index (χ4v) is 3.65. The molecule has 23 heavy (non-hydrogen) atoms. The molecule has 2 aromatic carbocycles. The van der Waals surface area contributed by atoms with Gasteiger partial charge in [-0.25, -0.2) is 0 Å².